The molecule has 2 rings (SSSR count). The summed E-state index contributed by atoms with van der Waals surface area (Å²) in [7, 11) is 1.84. The second-order valence-electron chi connectivity index (χ2n) is 5.18. The van der Waals surface area contributed by atoms with E-state index >= 15 is 0 Å². The summed E-state index contributed by atoms with van der Waals surface area (Å²) >= 11 is 0. The number of nitrogens with zero attached hydrogens (tertiary/aromatic N) is 3. The van der Waals surface area contributed by atoms with Crippen molar-refractivity contribution in [2.75, 3.05) is 6.54 Å². The van der Waals surface area contributed by atoms with Gasteiger partial charge in [0.05, 0.1) is 12.6 Å². The third-order valence-corrected chi connectivity index (χ3v) is 3.52. The third kappa shape index (κ3) is 3.90. The number of hydrogen-bond acceptors (Lipinski definition) is 2. The van der Waals surface area contributed by atoms with Crippen LogP contribution in [0.25, 0.3) is 0 Å². The summed E-state index contributed by atoms with van der Waals surface area (Å²) in [6.45, 7) is 4.96. The van der Waals surface area contributed by atoms with Gasteiger partial charge in [-0.25, -0.2) is 4.39 Å². The molecule has 0 radical (unpaired) electrons. The smallest absolute Gasteiger partial charge is 0.227 e. The zero-order chi connectivity index (χ0) is 15.4. The Kier molecular flexibility index (Phi) is 4.73. The summed E-state index contributed by atoms with van der Waals surface area (Å²) in [5.41, 5.74) is 2.66. The van der Waals surface area contributed by atoms with Crippen LogP contribution in [-0.4, -0.2) is 27.1 Å². The molecule has 0 N–H and O–H groups in total. The van der Waals surface area contributed by atoms with Crippen LogP contribution >= 0.6 is 0 Å². The monoisotopic (exact) mass is 289 g/mol. The number of carbonyl (C=O) groups is 1. The normalized spacial score (nSPS) is 10.7. The second-order valence-corrected chi connectivity index (χ2v) is 5.18. The number of amides is 1. The van der Waals surface area contributed by atoms with Crippen molar-refractivity contribution in [1.29, 1.82) is 0 Å². The molecule has 5 heteroatoms. The van der Waals surface area contributed by atoms with E-state index in [0.29, 0.717) is 13.1 Å². The minimum absolute atomic E-state index is 0.00458. The summed E-state index contributed by atoms with van der Waals surface area (Å²) in [6.07, 6.45) is 3.87. The Balaban J connectivity index is 2.07. The molecule has 0 atom stereocenters. The van der Waals surface area contributed by atoms with E-state index in [-0.39, 0.29) is 18.1 Å². The predicted octanol–water partition coefficient (Wildman–Crippen LogP) is 2.46. The molecule has 4 nitrogen and oxygen atoms in total. The van der Waals surface area contributed by atoms with Gasteiger partial charge in [-0.2, -0.15) is 5.10 Å². The highest BCUT2D eigenvalue weighted by atomic mass is 19.1. The maximum Gasteiger partial charge on any atom is 0.227 e. The van der Waals surface area contributed by atoms with E-state index in [1.807, 2.05) is 27.1 Å². The van der Waals surface area contributed by atoms with Gasteiger partial charge in [0.1, 0.15) is 5.82 Å². The van der Waals surface area contributed by atoms with Gasteiger partial charge in [-0.05, 0) is 37.1 Å². The average molecular weight is 289 g/mol. The molecule has 0 unspecified atom stereocenters. The number of benzene rings is 1. The van der Waals surface area contributed by atoms with Crippen molar-refractivity contribution in [3.63, 3.8) is 0 Å². The molecule has 0 aliphatic carbocycles. The highest BCUT2D eigenvalue weighted by molar-refractivity contribution is 5.79. The Hall–Kier alpha value is -2.17. The average Bonchev–Trinajstić information content (AvgIpc) is 2.85. The number of carbonyl (C=O) groups excluding carboxylic acids is 1. The van der Waals surface area contributed by atoms with Gasteiger partial charge in [0, 0.05) is 31.9 Å². The van der Waals surface area contributed by atoms with Crippen molar-refractivity contribution < 1.29 is 9.18 Å². The molecular formula is C16H20FN3O. The number of halogens is 1. The van der Waals surface area contributed by atoms with Gasteiger partial charge < -0.3 is 4.90 Å². The standard InChI is InChI=1S/C16H20FN3O/c1-4-20(11-13-9-18-19(3)10-13)16(21)8-14-7-15(17)6-5-12(14)2/h5-7,9-10H,4,8,11H2,1-3H3. The zero-order valence-corrected chi connectivity index (χ0v) is 12.6. The lowest BCUT2D eigenvalue weighted by Crippen LogP contribution is -2.31. The van der Waals surface area contributed by atoms with Gasteiger partial charge >= 0.3 is 0 Å². The number of rotatable bonds is 5. The predicted molar refractivity (Wildman–Crippen MR) is 79.1 cm³/mol. The molecule has 1 amide bonds. The molecule has 1 heterocycles. The van der Waals surface area contributed by atoms with Crippen molar-refractivity contribution in [3.8, 4) is 0 Å². The van der Waals surface area contributed by atoms with E-state index < -0.39 is 0 Å². The first-order valence-corrected chi connectivity index (χ1v) is 7.00. The number of likely N-dealkylation sites (N-methyl/N-ethyl adjacent to an activating group) is 1. The molecule has 1 aromatic carbocycles. The van der Waals surface area contributed by atoms with E-state index in [1.54, 1.807) is 21.8 Å². The van der Waals surface area contributed by atoms with Gasteiger partial charge in [0.25, 0.3) is 0 Å². The highest BCUT2D eigenvalue weighted by Crippen LogP contribution is 2.13. The maximum absolute atomic E-state index is 13.3. The molecule has 0 saturated carbocycles. The van der Waals surface area contributed by atoms with Crippen LogP contribution in [0.4, 0.5) is 4.39 Å². The molecule has 0 fully saturated rings. The molecule has 0 aliphatic rings. The van der Waals surface area contributed by atoms with Gasteiger partial charge in [-0.3, -0.25) is 9.48 Å². The largest absolute Gasteiger partial charge is 0.338 e. The number of aromatic nitrogens is 2. The topological polar surface area (TPSA) is 38.1 Å². The summed E-state index contributed by atoms with van der Waals surface area (Å²) in [4.78, 5) is 14.1. The van der Waals surface area contributed by atoms with Crippen molar-refractivity contribution in [3.05, 3.63) is 53.1 Å². The Morgan fingerprint density at radius 1 is 1.43 bits per heavy atom. The second kappa shape index (κ2) is 6.52. The molecule has 0 spiro atoms. The lowest BCUT2D eigenvalue weighted by atomic mass is 10.0. The fourth-order valence-electron chi connectivity index (χ4n) is 2.26. The lowest BCUT2D eigenvalue weighted by molar-refractivity contribution is -0.130. The van der Waals surface area contributed by atoms with Crippen LogP contribution in [-0.2, 0) is 24.8 Å². The van der Waals surface area contributed by atoms with Crippen LogP contribution in [0.1, 0.15) is 23.6 Å². The van der Waals surface area contributed by atoms with Crippen LogP contribution in [0.15, 0.2) is 30.6 Å². The minimum atomic E-state index is -0.307. The zero-order valence-electron chi connectivity index (χ0n) is 12.6. The van der Waals surface area contributed by atoms with Gasteiger partial charge in [0.2, 0.25) is 5.91 Å². The van der Waals surface area contributed by atoms with Crippen LogP contribution < -0.4 is 0 Å². The van der Waals surface area contributed by atoms with Crippen molar-refractivity contribution in [2.45, 2.75) is 26.8 Å². The van der Waals surface area contributed by atoms with Crippen LogP contribution in [0.5, 0.6) is 0 Å². The van der Waals surface area contributed by atoms with E-state index in [9.17, 15) is 9.18 Å². The third-order valence-electron chi connectivity index (χ3n) is 3.52. The first kappa shape index (κ1) is 15.2. The SMILES string of the molecule is CCN(Cc1cnn(C)c1)C(=O)Cc1cc(F)ccc1C. The Morgan fingerprint density at radius 3 is 2.81 bits per heavy atom. The minimum Gasteiger partial charge on any atom is -0.338 e. The van der Waals surface area contributed by atoms with Crippen LogP contribution in [0.2, 0.25) is 0 Å². The van der Waals surface area contributed by atoms with Gasteiger partial charge in [-0.1, -0.05) is 6.07 Å². The van der Waals surface area contributed by atoms with E-state index in [2.05, 4.69) is 5.10 Å². The van der Waals surface area contributed by atoms with Crippen LogP contribution in [0, 0.1) is 12.7 Å². The van der Waals surface area contributed by atoms with Gasteiger partial charge in [0.15, 0.2) is 0 Å². The first-order valence-electron chi connectivity index (χ1n) is 7.00. The Morgan fingerprint density at radius 2 is 2.19 bits per heavy atom. The highest BCUT2D eigenvalue weighted by Gasteiger charge is 2.15. The van der Waals surface area contributed by atoms with Crippen molar-refractivity contribution in [1.82, 2.24) is 14.7 Å². The van der Waals surface area contributed by atoms with E-state index in [0.717, 1.165) is 16.7 Å². The molecule has 0 bridgehead atoms. The quantitative estimate of drug-likeness (QED) is 0.848. The fraction of sp³-hybridized carbons (Fsp3) is 0.375. The Bertz CT molecular complexity index is 636. The van der Waals surface area contributed by atoms with Crippen LogP contribution in [0.3, 0.4) is 0 Å². The Labute approximate surface area is 124 Å². The van der Waals surface area contributed by atoms with Crippen molar-refractivity contribution in [2.24, 2.45) is 7.05 Å². The van der Waals surface area contributed by atoms with Gasteiger partial charge in [-0.15, -0.1) is 0 Å². The van der Waals surface area contributed by atoms with Crippen molar-refractivity contribution >= 4 is 5.91 Å². The van der Waals surface area contributed by atoms with E-state index in [4.69, 9.17) is 0 Å². The molecular weight excluding hydrogens is 269 g/mol. The molecule has 0 aliphatic heterocycles. The first-order chi connectivity index (χ1) is 9.99. The molecule has 2 aromatic rings. The summed E-state index contributed by atoms with van der Waals surface area (Å²) in [5.74, 6) is -0.311. The molecule has 21 heavy (non-hydrogen) atoms. The van der Waals surface area contributed by atoms with E-state index in [1.165, 1.54) is 12.1 Å². The molecule has 0 saturated heterocycles. The summed E-state index contributed by atoms with van der Waals surface area (Å²) in [5, 5.41) is 4.10. The maximum atomic E-state index is 13.3. The fourth-order valence-corrected chi connectivity index (χ4v) is 2.26. The molecule has 112 valence electrons. The number of hydrogen-bond donors (Lipinski definition) is 0. The lowest BCUT2D eigenvalue weighted by Gasteiger charge is -2.20. The summed E-state index contributed by atoms with van der Waals surface area (Å²) in [6, 6.07) is 4.55. The molecule has 1 aromatic heterocycles. The number of aryl methyl sites for hydroxylation is 2. The summed E-state index contributed by atoms with van der Waals surface area (Å²) < 4.78 is 15.0.